The number of aromatic nitrogens is 2. The van der Waals surface area contributed by atoms with Crippen LogP contribution in [0.2, 0.25) is 0 Å². The van der Waals surface area contributed by atoms with Crippen molar-refractivity contribution < 1.29 is 9.53 Å². The van der Waals surface area contributed by atoms with Crippen LogP contribution < -0.4 is 15.0 Å². The van der Waals surface area contributed by atoms with E-state index >= 15 is 0 Å². The molecule has 1 fully saturated rings. The third-order valence-electron chi connectivity index (χ3n) is 5.41. The number of anilines is 1. The van der Waals surface area contributed by atoms with Crippen molar-refractivity contribution in [3.63, 3.8) is 0 Å². The summed E-state index contributed by atoms with van der Waals surface area (Å²) in [6.45, 7) is 2.84. The molecule has 30 heavy (non-hydrogen) atoms. The molecule has 4 rings (SSSR count). The number of hydrogen-bond acceptors (Lipinski definition) is 6. The second kappa shape index (κ2) is 9.26. The second-order valence-corrected chi connectivity index (χ2v) is 8.24. The van der Waals surface area contributed by atoms with Crippen LogP contribution in [0.3, 0.4) is 0 Å². The van der Waals surface area contributed by atoms with Crippen molar-refractivity contribution >= 4 is 22.6 Å². The van der Waals surface area contributed by atoms with Crippen LogP contribution in [0, 0.1) is 0 Å². The second-order valence-electron chi connectivity index (χ2n) is 7.51. The highest BCUT2D eigenvalue weighted by molar-refractivity contribution is 7.09. The van der Waals surface area contributed by atoms with Crippen molar-refractivity contribution in [3.8, 4) is 5.75 Å². The molecule has 1 aliphatic rings. The predicted molar refractivity (Wildman–Crippen MR) is 119 cm³/mol. The zero-order chi connectivity index (χ0) is 20.9. The molecule has 6 nitrogen and oxygen atoms in total. The molecule has 1 aliphatic heterocycles. The Morgan fingerprint density at radius 3 is 2.90 bits per heavy atom. The third kappa shape index (κ3) is 4.62. The average Bonchev–Trinajstić information content (AvgIpc) is 3.44. The van der Waals surface area contributed by atoms with Gasteiger partial charge in [-0.15, -0.1) is 0 Å². The first-order valence-electron chi connectivity index (χ1n) is 10.2. The monoisotopic (exact) mass is 422 g/mol. The number of hydrogen-bond donors (Lipinski definition) is 1. The van der Waals surface area contributed by atoms with Crippen LogP contribution in [0.15, 0.2) is 54.6 Å². The van der Waals surface area contributed by atoms with Crippen molar-refractivity contribution in [2.24, 2.45) is 0 Å². The summed E-state index contributed by atoms with van der Waals surface area (Å²) in [7, 11) is 1.66. The van der Waals surface area contributed by atoms with E-state index in [-0.39, 0.29) is 18.0 Å². The van der Waals surface area contributed by atoms with E-state index in [1.807, 2.05) is 61.5 Å². The van der Waals surface area contributed by atoms with Gasteiger partial charge >= 0.3 is 0 Å². The smallest absolute Gasteiger partial charge is 0.243 e. The highest BCUT2D eigenvalue weighted by Gasteiger charge is 2.33. The minimum atomic E-state index is -0.200. The van der Waals surface area contributed by atoms with Gasteiger partial charge in [0.25, 0.3) is 0 Å². The van der Waals surface area contributed by atoms with Gasteiger partial charge in [0.1, 0.15) is 17.6 Å². The molecule has 2 aromatic carbocycles. The summed E-state index contributed by atoms with van der Waals surface area (Å²) in [6, 6.07) is 17.7. The lowest BCUT2D eigenvalue weighted by Gasteiger charge is -2.24. The topological polar surface area (TPSA) is 67.3 Å². The Hall–Kier alpha value is -2.93. The molecule has 0 bridgehead atoms. The average molecular weight is 423 g/mol. The molecular formula is C23H26N4O2S. The summed E-state index contributed by atoms with van der Waals surface area (Å²) in [6.07, 6.45) is 2.45. The Bertz CT molecular complexity index is 992. The Kier molecular flexibility index (Phi) is 6.28. The minimum absolute atomic E-state index is 0.0285. The summed E-state index contributed by atoms with van der Waals surface area (Å²) in [4.78, 5) is 19.8. The van der Waals surface area contributed by atoms with Crippen molar-refractivity contribution in [3.05, 3.63) is 71.5 Å². The minimum Gasteiger partial charge on any atom is -0.497 e. The van der Waals surface area contributed by atoms with E-state index in [1.165, 1.54) is 11.5 Å². The number of carbonyl (C=O) groups is 1. The molecule has 1 amide bonds. The van der Waals surface area contributed by atoms with E-state index in [0.29, 0.717) is 6.42 Å². The van der Waals surface area contributed by atoms with Gasteiger partial charge in [0.05, 0.1) is 13.2 Å². The maximum absolute atomic E-state index is 13.0. The summed E-state index contributed by atoms with van der Waals surface area (Å²) >= 11 is 1.37. The molecule has 0 spiro atoms. The van der Waals surface area contributed by atoms with Crippen LogP contribution in [-0.2, 0) is 11.2 Å². The van der Waals surface area contributed by atoms with Crippen LogP contribution in [0.25, 0.3) is 0 Å². The number of nitrogens with one attached hydrogen (secondary N) is 1. The van der Waals surface area contributed by atoms with Gasteiger partial charge in [-0.05, 0) is 43.0 Å². The van der Waals surface area contributed by atoms with Crippen molar-refractivity contribution in [2.45, 2.75) is 38.3 Å². The molecule has 0 aliphatic carbocycles. The van der Waals surface area contributed by atoms with E-state index in [2.05, 4.69) is 14.6 Å². The third-order valence-corrected chi connectivity index (χ3v) is 6.20. The van der Waals surface area contributed by atoms with Crippen molar-refractivity contribution in [1.29, 1.82) is 0 Å². The van der Waals surface area contributed by atoms with Gasteiger partial charge in [0.2, 0.25) is 11.0 Å². The molecule has 7 heteroatoms. The molecule has 2 heterocycles. The normalized spacial score (nSPS) is 17.0. The molecular weight excluding hydrogens is 396 g/mol. The lowest BCUT2D eigenvalue weighted by atomic mass is 10.1. The fourth-order valence-electron chi connectivity index (χ4n) is 3.80. The first-order valence-corrected chi connectivity index (χ1v) is 11.0. The Labute approximate surface area is 181 Å². The van der Waals surface area contributed by atoms with Crippen LogP contribution in [-0.4, -0.2) is 35.0 Å². The molecule has 1 aromatic heterocycles. The molecule has 0 saturated carbocycles. The van der Waals surface area contributed by atoms with Gasteiger partial charge in [-0.25, -0.2) is 4.98 Å². The number of rotatable bonds is 7. The van der Waals surface area contributed by atoms with E-state index in [9.17, 15) is 4.79 Å². The molecule has 0 unspecified atom stereocenters. The van der Waals surface area contributed by atoms with E-state index in [1.54, 1.807) is 7.11 Å². The first kappa shape index (κ1) is 20.3. The molecule has 156 valence electrons. The maximum Gasteiger partial charge on any atom is 0.243 e. The maximum atomic E-state index is 13.0. The molecule has 1 saturated heterocycles. The van der Waals surface area contributed by atoms with Gasteiger partial charge in [0.15, 0.2) is 0 Å². The summed E-state index contributed by atoms with van der Waals surface area (Å²) in [5.41, 5.74) is 2.21. The van der Waals surface area contributed by atoms with Gasteiger partial charge in [-0.3, -0.25) is 4.79 Å². The van der Waals surface area contributed by atoms with Gasteiger partial charge in [0, 0.05) is 24.5 Å². The van der Waals surface area contributed by atoms with Crippen LogP contribution in [0.4, 0.5) is 5.13 Å². The van der Waals surface area contributed by atoms with Gasteiger partial charge in [-0.1, -0.05) is 42.5 Å². The lowest BCUT2D eigenvalue weighted by Crippen LogP contribution is -2.44. The quantitative estimate of drug-likeness (QED) is 0.624. The molecule has 3 aromatic rings. The Balaban J connectivity index is 1.42. The number of benzene rings is 2. The Morgan fingerprint density at radius 2 is 2.10 bits per heavy atom. The number of ether oxygens (including phenoxy) is 1. The SMILES string of the molecule is COc1cccc(Cc2nsc(N3CCC[C@@H]3C(=O)N[C@H](C)c3ccccc3)n2)c1. The standard InChI is InChI=1S/C23H26N4O2S/c1-16(18-9-4-3-5-10-18)24-22(28)20-12-7-13-27(20)23-25-21(26-30-23)15-17-8-6-11-19(14-17)29-2/h3-6,8-11,14,16,20H,7,12-13,15H2,1-2H3,(H,24,28)/t16-,20-/m1/s1. The highest BCUT2D eigenvalue weighted by Crippen LogP contribution is 2.28. The van der Waals surface area contributed by atoms with Crippen LogP contribution in [0.5, 0.6) is 5.75 Å². The van der Waals surface area contributed by atoms with Crippen molar-refractivity contribution in [1.82, 2.24) is 14.7 Å². The first-order chi connectivity index (χ1) is 14.6. The number of carbonyl (C=O) groups excluding carboxylic acids is 1. The van der Waals surface area contributed by atoms with Crippen LogP contribution >= 0.6 is 11.5 Å². The molecule has 2 atom stereocenters. The largest absolute Gasteiger partial charge is 0.497 e. The van der Waals surface area contributed by atoms with Gasteiger partial charge in [-0.2, -0.15) is 4.37 Å². The zero-order valence-corrected chi connectivity index (χ0v) is 18.1. The summed E-state index contributed by atoms with van der Waals surface area (Å²) in [5.74, 6) is 1.65. The molecule has 0 radical (unpaired) electrons. The predicted octanol–water partition coefficient (Wildman–Crippen LogP) is 3.98. The summed E-state index contributed by atoms with van der Waals surface area (Å²) < 4.78 is 9.82. The number of nitrogens with zero attached hydrogens (tertiary/aromatic N) is 3. The van der Waals surface area contributed by atoms with Crippen molar-refractivity contribution in [2.75, 3.05) is 18.6 Å². The van der Waals surface area contributed by atoms with Gasteiger partial charge < -0.3 is 15.0 Å². The van der Waals surface area contributed by atoms with E-state index in [0.717, 1.165) is 47.2 Å². The van der Waals surface area contributed by atoms with E-state index in [4.69, 9.17) is 9.72 Å². The van der Waals surface area contributed by atoms with Crippen LogP contribution in [0.1, 0.15) is 42.8 Å². The number of methoxy groups -OCH3 is 1. The zero-order valence-electron chi connectivity index (χ0n) is 17.2. The fraction of sp³-hybridized carbons (Fsp3) is 0.348. The number of amides is 1. The Morgan fingerprint density at radius 1 is 1.27 bits per heavy atom. The fourth-order valence-corrected chi connectivity index (χ4v) is 4.56. The lowest BCUT2D eigenvalue weighted by molar-refractivity contribution is -0.122. The summed E-state index contributed by atoms with van der Waals surface area (Å²) in [5, 5.41) is 3.98. The molecule has 1 N–H and O–H groups in total. The van der Waals surface area contributed by atoms with E-state index < -0.39 is 0 Å². The highest BCUT2D eigenvalue weighted by atomic mass is 32.1.